The molecule has 0 radical (unpaired) electrons. The molecule has 2 aliphatic heterocycles. The maximum absolute atomic E-state index is 13.3. The first-order valence-corrected chi connectivity index (χ1v) is 12.9. The van der Waals surface area contributed by atoms with Crippen molar-refractivity contribution in [3.05, 3.63) is 59.7 Å². The molecule has 0 spiro atoms. The molecule has 1 saturated heterocycles. The van der Waals surface area contributed by atoms with Crippen LogP contribution in [0.4, 0.5) is 0 Å². The van der Waals surface area contributed by atoms with E-state index in [1.54, 1.807) is 0 Å². The molecule has 5 atom stereocenters. The van der Waals surface area contributed by atoms with Crippen LogP contribution in [0.3, 0.4) is 0 Å². The first-order chi connectivity index (χ1) is 18.8. The Bertz CT molecular complexity index is 1820. The predicted octanol–water partition coefficient (Wildman–Crippen LogP) is 2.51. The van der Waals surface area contributed by atoms with E-state index >= 15 is 0 Å². The van der Waals surface area contributed by atoms with E-state index in [9.17, 15) is 19.8 Å². The van der Waals surface area contributed by atoms with Crippen molar-refractivity contribution in [2.24, 2.45) is 0 Å². The fourth-order valence-corrected chi connectivity index (χ4v) is 6.47. The second-order valence-corrected chi connectivity index (χ2v) is 10.6. The van der Waals surface area contributed by atoms with Gasteiger partial charge in [0.15, 0.2) is 6.23 Å². The SMILES string of the molecule is CO[C@H]1[C@@H](O)[C@H](O)[C@H](n2c3ccccc3c3c4c(c5c6ccccc6[nH]c5c32)C(=O)NC4=O)O[C@H]1CN(C)C. The molecule has 10 nitrogen and oxygen atoms in total. The van der Waals surface area contributed by atoms with E-state index in [-0.39, 0.29) is 0 Å². The average molecular weight is 529 g/mol. The molecule has 0 unspecified atom stereocenters. The second-order valence-electron chi connectivity index (χ2n) is 10.6. The van der Waals surface area contributed by atoms with E-state index in [1.165, 1.54) is 7.11 Å². The number of aromatic amines is 1. The minimum Gasteiger partial charge on any atom is -0.387 e. The number of carbonyl (C=O) groups excluding carboxylic acids is 2. The number of rotatable bonds is 4. The van der Waals surface area contributed by atoms with E-state index in [0.29, 0.717) is 45.0 Å². The van der Waals surface area contributed by atoms with E-state index in [4.69, 9.17) is 9.47 Å². The highest BCUT2D eigenvalue weighted by atomic mass is 16.6. The van der Waals surface area contributed by atoms with Gasteiger partial charge in [-0.3, -0.25) is 14.9 Å². The molecule has 3 aromatic carbocycles. The number of amides is 2. The quantitative estimate of drug-likeness (QED) is 0.264. The van der Waals surface area contributed by atoms with Crippen LogP contribution in [0.2, 0.25) is 0 Å². The number of hydrogen-bond donors (Lipinski definition) is 4. The molecule has 2 amide bonds. The number of para-hydroxylation sites is 2. The number of aromatic nitrogens is 2. The van der Waals surface area contributed by atoms with Crippen LogP contribution in [0.1, 0.15) is 26.9 Å². The fourth-order valence-electron chi connectivity index (χ4n) is 6.47. The van der Waals surface area contributed by atoms with E-state index in [0.717, 1.165) is 16.3 Å². The molecular formula is C29H28N4O6. The second kappa shape index (κ2) is 8.60. The van der Waals surface area contributed by atoms with E-state index in [2.05, 4.69) is 10.3 Å². The molecule has 2 aromatic heterocycles. The van der Waals surface area contributed by atoms with Crippen molar-refractivity contribution in [2.75, 3.05) is 27.7 Å². The fraction of sp³-hybridized carbons (Fsp3) is 0.310. The summed E-state index contributed by atoms with van der Waals surface area (Å²) in [5.41, 5.74) is 3.39. The third-order valence-electron chi connectivity index (χ3n) is 8.02. The van der Waals surface area contributed by atoms with Gasteiger partial charge in [0.05, 0.1) is 27.7 Å². The van der Waals surface area contributed by atoms with Crippen LogP contribution in [0.25, 0.3) is 43.6 Å². The van der Waals surface area contributed by atoms with Crippen LogP contribution in [0.5, 0.6) is 0 Å². The number of nitrogens with one attached hydrogen (secondary N) is 2. The summed E-state index contributed by atoms with van der Waals surface area (Å²) >= 11 is 0. The topological polar surface area (TPSA) is 129 Å². The third kappa shape index (κ3) is 3.27. The minimum absolute atomic E-state index is 0.299. The summed E-state index contributed by atoms with van der Waals surface area (Å²) in [7, 11) is 5.28. The Morgan fingerprint density at radius 1 is 0.949 bits per heavy atom. The number of ether oxygens (including phenoxy) is 2. The lowest BCUT2D eigenvalue weighted by Crippen LogP contribution is -2.58. The van der Waals surface area contributed by atoms with Crippen molar-refractivity contribution in [1.29, 1.82) is 0 Å². The molecule has 200 valence electrons. The van der Waals surface area contributed by atoms with Gasteiger partial charge >= 0.3 is 0 Å². The zero-order valence-corrected chi connectivity index (χ0v) is 21.6. The number of aliphatic hydroxyl groups is 2. The molecule has 1 fully saturated rings. The minimum atomic E-state index is -1.34. The first kappa shape index (κ1) is 24.3. The number of hydrogen-bond acceptors (Lipinski definition) is 7. The van der Waals surface area contributed by atoms with Crippen molar-refractivity contribution in [2.45, 2.75) is 30.6 Å². The Labute approximate surface area is 222 Å². The largest absolute Gasteiger partial charge is 0.387 e. The number of carbonyl (C=O) groups is 2. The third-order valence-corrected chi connectivity index (χ3v) is 8.02. The Morgan fingerprint density at radius 3 is 2.33 bits per heavy atom. The summed E-state index contributed by atoms with van der Waals surface area (Å²) < 4.78 is 13.9. The summed E-state index contributed by atoms with van der Waals surface area (Å²) in [6, 6.07) is 15.1. The van der Waals surface area contributed by atoms with Crippen LogP contribution in [-0.2, 0) is 9.47 Å². The molecular weight excluding hydrogens is 500 g/mol. The molecule has 4 N–H and O–H groups in total. The monoisotopic (exact) mass is 528 g/mol. The Kier molecular flexibility index (Phi) is 5.35. The highest BCUT2D eigenvalue weighted by Gasteiger charge is 2.47. The Hall–Kier alpha value is -3.80. The van der Waals surface area contributed by atoms with Gasteiger partial charge in [-0.1, -0.05) is 36.4 Å². The van der Waals surface area contributed by atoms with Gasteiger partial charge in [-0.2, -0.15) is 0 Å². The lowest BCUT2D eigenvalue weighted by Gasteiger charge is -2.43. The smallest absolute Gasteiger partial charge is 0.259 e. The van der Waals surface area contributed by atoms with Crippen LogP contribution >= 0.6 is 0 Å². The molecule has 2 aliphatic rings. The Morgan fingerprint density at radius 2 is 1.62 bits per heavy atom. The molecule has 0 saturated carbocycles. The number of methoxy groups -OCH3 is 1. The number of H-pyrrole nitrogens is 1. The van der Waals surface area contributed by atoms with Crippen molar-refractivity contribution in [3.63, 3.8) is 0 Å². The van der Waals surface area contributed by atoms with E-state index < -0.39 is 42.5 Å². The summed E-state index contributed by atoms with van der Waals surface area (Å²) in [5, 5.41) is 27.9. The predicted molar refractivity (Wildman–Crippen MR) is 146 cm³/mol. The lowest BCUT2D eigenvalue weighted by molar-refractivity contribution is -0.250. The van der Waals surface area contributed by atoms with E-state index in [1.807, 2.05) is 72.1 Å². The number of fused-ring (bicyclic) bond motifs is 10. The maximum Gasteiger partial charge on any atom is 0.259 e. The number of imide groups is 1. The summed E-state index contributed by atoms with van der Waals surface area (Å²) in [4.78, 5) is 31.9. The molecule has 5 aromatic rings. The number of nitrogens with zero attached hydrogens (tertiary/aromatic N) is 2. The number of likely N-dealkylation sites (N-methyl/N-ethyl adjacent to an activating group) is 1. The highest BCUT2D eigenvalue weighted by Crippen LogP contribution is 2.46. The van der Waals surface area contributed by atoms with Crippen LogP contribution in [0, 0.1) is 0 Å². The van der Waals surface area contributed by atoms with Crippen molar-refractivity contribution >= 4 is 55.4 Å². The molecule has 0 aliphatic carbocycles. The van der Waals surface area contributed by atoms with Crippen LogP contribution in [-0.4, -0.2) is 88.6 Å². The average Bonchev–Trinajstić information content (AvgIpc) is 3.55. The van der Waals surface area contributed by atoms with Gasteiger partial charge in [-0.25, -0.2) is 0 Å². The Balaban J connectivity index is 1.63. The van der Waals surface area contributed by atoms with Gasteiger partial charge in [-0.05, 0) is 26.2 Å². The molecule has 0 bridgehead atoms. The van der Waals surface area contributed by atoms with Gasteiger partial charge in [0, 0.05) is 40.7 Å². The highest BCUT2D eigenvalue weighted by molar-refractivity contribution is 6.39. The van der Waals surface area contributed by atoms with Crippen LogP contribution < -0.4 is 5.32 Å². The standard InChI is InChI=1S/C29H28N4O6/c1-32(2)12-17-26(38-3)24(34)25(35)29(39-17)33-16-11-7-5-9-14(16)19-21-20(27(36)31-28(21)37)18-13-8-4-6-10-15(13)30-22(18)23(19)33/h4-11,17,24-26,29-30,34-35H,12H2,1-3H3,(H,31,36,37)/t17-,24-,25-,26+,29+/m0/s1. The lowest BCUT2D eigenvalue weighted by atomic mass is 9.96. The number of aliphatic hydroxyl groups excluding tert-OH is 2. The normalized spacial score (nSPS) is 25.4. The van der Waals surface area contributed by atoms with Gasteiger partial charge in [0.25, 0.3) is 11.8 Å². The first-order valence-electron chi connectivity index (χ1n) is 12.9. The van der Waals surface area contributed by atoms with Gasteiger partial charge in [0.2, 0.25) is 0 Å². The zero-order valence-electron chi connectivity index (χ0n) is 21.6. The van der Waals surface area contributed by atoms with Gasteiger partial charge in [-0.15, -0.1) is 0 Å². The molecule has 7 rings (SSSR count). The van der Waals surface area contributed by atoms with Crippen molar-refractivity contribution < 1.29 is 29.3 Å². The van der Waals surface area contributed by atoms with Gasteiger partial charge < -0.3 is 34.1 Å². The summed E-state index contributed by atoms with van der Waals surface area (Å²) in [6.45, 7) is 0.448. The number of benzene rings is 3. The molecule has 10 heteroatoms. The molecule has 39 heavy (non-hydrogen) atoms. The summed E-state index contributed by atoms with van der Waals surface area (Å²) in [5.74, 6) is -0.910. The zero-order chi connectivity index (χ0) is 27.2. The maximum atomic E-state index is 13.3. The van der Waals surface area contributed by atoms with Crippen molar-refractivity contribution in [1.82, 2.24) is 19.8 Å². The van der Waals surface area contributed by atoms with Gasteiger partial charge in [0.1, 0.15) is 24.4 Å². The van der Waals surface area contributed by atoms with Crippen LogP contribution in [0.15, 0.2) is 48.5 Å². The summed E-state index contributed by atoms with van der Waals surface area (Å²) in [6.07, 6.45) is -4.87. The van der Waals surface area contributed by atoms with Crippen molar-refractivity contribution in [3.8, 4) is 0 Å². The molecule has 4 heterocycles.